The Morgan fingerprint density at radius 3 is 2.42 bits per heavy atom. The molecule has 0 spiro atoms. The number of alkyl halides is 3. The molecule has 1 aliphatic rings. The van der Waals surface area contributed by atoms with E-state index in [9.17, 15) is 26.7 Å². The lowest BCUT2D eigenvalue weighted by atomic mass is 10.1. The van der Waals surface area contributed by atoms with Crippen molar-refractivity contribution >= 4 is 9.84 Å². The molecule has 2 aromatic carbocycles. The van der Waals surface area contributed by atoms with E-state index in [0.29, 0.717) is 5.56 Å². The van der Waals surface area contributed by atoms with Crippen LogP contribution in [0.5, 0.6) is 0 Å². The smallest absolute Gasteiger partial charge is 0.392 e. The lowest BCUT2D eigenvalue weighted by molar-refractivity contribution is -0.137. The van der Waals surface area contributed by atoms with E-state index in [2.05, 4.69) is 10.1 Å². The Hall–Kier alpha value is -2.76. The number of benzene rings is 2. The minimum Gasteiger partial charge on any atom is -0.392 e. The minimum atomic E-state index is -4.41. The summed E-state index contributed by atoms with van der Waals surface area (Å²) in [4.78, 5) is 6.21. The van der Waals surface area contributed by atoms with E-state index in [-0.39, 0.29) is 36.1 Å². The van der Waals surface area contributed by atoms with Crippen molar-refractivity contribution in [3.05, 3.63) is 76.9 Å². The second-order valence-corrected chi connectivity index (χ2v) is 10.1. The summed E-state index contributed by atoms with van der Waals surface area (Å²) in [5.41, 5.74) is 0.827. The first-order chi connectivity index (χ1) is 15.5. The average Bonchev–Trinajstić information content (AvgIpc) is 3.33. The van der Waals surface area contributed by atoms with Crippen LogP contribution in [-0.2, 0) is 28.3 Å². The lowest BCUT2D eigenvalue weighted by Crippen LogP contribution is -2.24. The van der Waals surface area contributed by atoms with Gasteiger partial charge in [-0.3, -0.25) is 4.90 Å². The number of hydrogen-bond donors (Lipinski definition) is 1. The van der Waals surface area contributed by atoms with Crippen molar-refractivity contribution < 1.29 is 31.2 Å². The van der Waals surface area contributed by atoms with Crippen molar-refractivity contribution in [2.45, 2.75) is 48.9 Å². The number of aryl methyl sites for hydroxylation is 1. The Labute approximate surface area is 188 Å². The standard InChI is InChI=1S/C22H22F3N3O4S/c1-14-2-8-18(9-3-14)33(30,31)13-20-26-21(32-27-20)19-10-17(29)12-28(19)11-15-4-6-16(7-5-15)22(23,24)25/h2-9,17,19,29H,10-13H2,1H3. The third kappa shape index (κ3) is 5.43. The Morgan fingerprint density at radius 2 is 1.79 bits per heavy atom. The highest BCUT2D eigenvalue weighted by Gasteiger charge is 2.36. The van der Waals surface area contributed by atoms with Gasteiger partial charge >= 0.3 is 6.18 Å². The minimum absolute atomic E-state index is 0.00134. The molecule has 1 fully saturated rings. The number of sulfone groups is 1. The van der Waals surface area contributed by atoms with Crippen LogP contribution in [0.15, 0.2) is 57.9 Å². The highest BCUT2D eigenvalue weighted by Crippen LogP contribution is 2.34. The maximum Gasteiger partial charge on any atom is 0.416 e. The van der Waals surface area contributed by atoms with Gasteiger partial charge in [-0.25, -0.2) is 8.42 Å². The molecule has 2 atom stereocenters. The van der Waals surface area contributed by atoms with Crippen molar-refractivity contribution in [3.63, 3.8) is 0 Å². The van der Waals surface area contributed by atoms with Crippen LogP contribution in [-0.4, -0.2) is 41.2 Å². The van der Waals surface area contributed by atoms with Crippen LogP contribution in [0.4, 0.5) is 13.2 Å². The maximum absolute atomic E-state index is 12.8. The number of aromatic nitrogens is 2. The number of aliphatic hydroxyl groups is 1. The first-order valence-corrected chi connectivity index (χ1v) is 11.9. The molecule has 3 aromatic rings. The highest BCUT2D eigenvalue weighted by molar-refractivity contribution is 7.90. The molecule has 2 heterocycles. The third-order valence-corrected chi connectivity index (χ3v) is 7.15. The van der Waals surface area contributed by atoms with Crippen LogP contribution >= 0.6 is 0 Å². The van der Waals surface area contributed by atoms with Crippen LogP contribution in [0, 0.1) is 6.92 Å². The van der Waals surface area contributed by atoms with Gasteiger partial charge in [0, 0.05) is 13.1 Å². The molecule has 0 aliphatic carbocycles. The first kappa shape index (κ1) is 23.4. The van der Waals surface area contributed by atoms with Crippen molar-refractivity contribution in [2.24, 2.45) is 0 Å². The van der Waals surface area contributed by atoms with Gasteiger partial charge < -0.3 is 9.63 Å². The molecule has 0 amide bonds. The number of β-amino-alcohol motifs (C(OH)–C–C–N with tert-alkyl or cyclic N) is 1. The molecule has 176 valence electrons. The first-order valence-electron chi connectivity index (χ1n) is 10.2. The zero-order valence-corrected chi connectivity index (χ0v) is 18.5. The molecular weight excluding hydrogens is 459 g/mol. The zero-order chi connectivity index (χ0) is 23.8. The van der Waals surface area contributed by atoms with E-state index in [1.54, 1.807) is 12.1 Å². The predicted molar refractivity (Wildman–Crippen MR) is 112 cm³/mol. The van der Waals surface area contributed by atoms with Crippen molar-refractivity contribution in [3.8, 4) is 0 Å². The fourth-order valence-corrected chi connectivity index (χ4v) is 4.98. The molecule has 33 heavy (non-hydrogen) atoms. The molecule has 1 saturated heterocycles. The summed E-state index contributed by atoms with van der Waals surface area (Å²) in [6, 6.07) is 10.8. The van der Waals surface area contributed by atoms with Gasteiger partial charge in [0.2, 0.25) is 5.89 Å². The van der Waals surface area contributed by atoms with Crippen LogP contribution in [0.1, 0.15) is 40.9 Å². The van der Waals surface area contributed by atoms with Gasteiger partial charge in [-0.05, 0) is 43.2 Å². The highest BCUT2D eigenvalue weighted by atomic mass is 32.2. The lowest BCUT2D eigenvalue weighted by Gasteiger charge is -2.21. The molecular formula is C22H22F3N3O4S. The Morgan fingerprint density at radius 1 is 1.12 bits per heavy atom. The van der Waals surface area contributed by atoms with E-state index >= 15 is 0 Å². The largest absolute Gasteiger partial charge is 0.416 e. The molecule has 7 nitrogen and oxygen atoms in total. The normalized spacial score (nSPS) is 19.8. The molecule has 0 saturated carbocycles. The number of rotatable bonds is 6. The van der Waals surface area contributed by atoms with Crippen LogP contribution < -0.4 is 0 Å². The Kier molecular flexibility index (Phi) is 6.30. The van der Waals surface area contributed by atoms with E-state index < -0.39 is 39.5 Å². The molecule has 1 aliphatic heterocycles. The van der Waals surface area contributed by atoms with Gasteiger partial charge in [0.25, 0.3) is 0 Å². The summed E-state index contributed by atoms with van der Waals surface area (Å²) < 4.78 is 69.0. The molecule has 0 radical (unpaired) electrons. The van der Waals surface area contributed by atoms with E-state index in [1.165, 1.54) is 24.3 Å². The molecule has 4 rings (SSSR count). The Balaban J connectivity index is 1.48. The number of aliphatic hydroxyl groups excluding tert-OH is 1. The summed E-state index contributed by atoms with van der Waals surface area (Å²) >= 11 is 0. The van der Waals surface area contributed by atoms with Crippen molar-refractivity contribution in [2.75, 3.05) is 6.54 Å². The molecule has 11 heteroatoms. The molecule has 1 N–H and O–H groups in total. The summed E-state index contributed by atoms with van der Waals surface area (Å²) in [5, 5.41) is 13.9. The zero-order valence-electron chi connectivity index (χ0n) is 17.7. The van der Waals surface area contributed by atoms with Crippen LogP contribution in [0.25, 0.3) is 0 Å². The van der Waals surface area contributed by atoms with Gasteiger partial charge in [-0.2, -0.15) is 18.2 Å². The maximum atomic E-state index is 12.8. The van der Waals surface area contributed by atoms with E-state index in [4.69, 9.17) is 4.52 Å². The number of hydrogen-bond acceptors (Lipinski definition) is 7. The predicted octanol–water partition coefficient (Wildman–Crippen LogP) is 3.68. The van der Waals surface area contributed by atoms with E-state index in [1.807, 2.05) is 11.8 Å². The Bertz CT molecular complexity index is 1210. The number of halogens is 3. The van der Waals surface area contributed by atoms with Crippen molar-refractivity contribution in [1.82, 2.24) is 15.0 Å². The molecule has 1 aromatic heterocycles. The van der Waals surface area contributed by atoms with Crippen LogP contribution in [0.2, 0.25) is 0 Å². The van der Waals surface area contributed by atoms with E-state index in [0.717, 1.165) is 17.7 Å². The second kappa shape index (κ2) is 8.88. The average molecular weight is 481 g/mol. The number of nitrogens with zero attached hydrogens (tertiary/aromatic N) is 3. The summed E-state index contributed by atoms with van der Waals surface area (Å²) in [7, 11) is -3.67. The summed E-state index contributed by atoms with van der Waals surface area (Å²) in [5.74, 6) is -0.276. The number of likely N-dealkylation sites (tertiary alicyclic amines) is 1. The summed E-state index contributed by atoms with van der Waals surface area (Å²) in [6.45, 7) is 2.39. The second-order valence-electron chi connectivity index (χ2n) is 8.15. The van der Waals surface area contributed by atoms with Gasteiger partial charge in [0.05, 0.1) is 22.6 Å². The molecule has 0 bridgehead atoms. The monoisotopic (exact) mass is 481 g/mol. The third-order valence-electron chi connectivity index (χ3n) is 5.52. The quantitative estimate of drug-likeness (QED) is 0.574. The van der Waals surface area contributed by atoms with Crippen molar-refractivity contribution in [1.29, 1.82) is 0 Å². The fraction of sp³-hybridized carbons (Fsp3) is 0.364. The fourth-order valence-electron chi connectivity index (χ4n) is 3.80. The summed E-state index contributed by atoms with van der Waals surface area (Å²) in [6.07, 6.45) is -4.81. The SMILES string of the molecule is Cc1ccc(S(=O)(=O)Cc2noc(C3CC(O)CN3Cc3ccc(C(F)(F)F)cc3)n2)cc1. The van der Waals surface area contributed by atoms with Gasteiger partial charge in [0.1, 0.15) is 5.75 Å². The van der Waals surface area contributed by atoms with Gasteiger partial charge in [-0.15, -0.1) is 0 Å². The van der Waals surface area contributed by atoms with Crippen LogP contribution in [0.3, 0.4) is 0 Å². The van der Waals surface area contributed by atoms with Gasteiger partial charge in [0.15, 0.2) is 15.7 Å². The molecule has 2 unspecified atom stereocenters. The van der Waals surface area contributed by atoms with Gasteiger partial charge in [-0.1, -0.05) is 35.0 Å². The topological polar surface area (TPSA) is 96.5 Å².